The van der Waals surface area contributed by atoms with Crippen LogP contribution in [0.4, 0.5) is 5.69 Å². The minimum atomic E-state index is -0.813. The van der Waals surface area contributed by atoms with Gasteiger partial charge in [-0.3, -0.25) is 19.4 Å². The number of benzene rings is 1. The second-order valence-corrected chi connectivity index (χ2v) is 6.82. The molecule has 0 aliphatic carbocycles. The minimum Gasteiger partial charge on any atom is -0.497 e. The average Bonchev–Trinajstić information content (AvgIpc) is 2.86. The maximum atomic E-state index is 12.4. The molecule has 1 amide bonds. The molecule has 1 saturated heterocycles. The number of rotatable bonds is 8. The summed E-state index contributed by atoms with van der Waals surface area (Å²) in [5.74, 6) is 0.321. The zero-order valence-electron chi connectivity index (χ0n) is 16.2. The highest BCUT2D eigenvalue weighted by Crippen LogP contribution is 2.25. The van der Waals surface area contributed by atoms with E-state index in [2.05, 4.69) is 10.2 Å². The number of aliphatic carboxylic acids is 1. The van der Waals surface area contributed by atoms with Gasteiger partial charge in [-0.15, -0.1) is 0 Å². The van der Waals surface area contributed by atoms with E-state index in [0.717, 1.165) is 32.4 Å². The lowest BCUT2D eigenvalue weighted by molar-refractivity contribution is -0.138. The zero-order valence-corrected chi connectivity index (χ0v) is 16.2. The van der Waals surface area contributed by atoms with Crippen molar-refractivity contribution >= 4 is 17.6 Å². The molecule has 150 valence electrons. The van der Waals surface area contributed by atoms with E-state index in [4.69, 9.17) is 14.6 Å². The lowest BCUT2D eigenvalue weighted by atomic mass is 10.1. The standard InChI is InChI=1S/C19H29N3O5/c1-21(13-19(24)25)15-5-4-7-22(8-6-15)12-18(23)20-14-9-16(26-2)11-17(10-14)27-3/h9-11,15H,4-8,12-13H2,1-3H3,(H,20,23)(H,24,25). The number of ether oxygens (including phenoxy) is 2. The third kappa shape index (κ3) is 6.73. The van der Waals surface area contributed by atoms with Crippen LogP contribution in [0.3, 0.4) is 0 Å². The van der Waals surface area contributed by atoms with Gasteiger partial charge < -0.3 is 19.9 Å². The molecule has 1 aliphatic rings. The van der Waals surface area contributed by atoms with Crippen LogP contribution in [0.1, 0.15) is 19.3 Å². The number of likely N-dealkylation sites (N-methyl/N-ethyl adjacent to an activating group) is 1. The van der Waals surface area contributed by atoms with Crippen LogP contribution < -0.4 is 14.8 Å². The fourth-order valence-electron chi connectivity index (χ4n) is 3.36. The fourth-order valence-corrected chi connectivity index (χ4v) is 3.36. The molecule has 27 heavy (non-hydrogen) atoms. The lowest BCUT2D eigenvalue weighted by Gasteiger charge is -2.25. The maximum absolute atomic E-state index is 12.4. The number of carboxylic acids is 1. The van der Waals surface area contributed by atoms with Gasteiger partial charge >= 0.3 is 5.97 Å². The Kier molecular flexibility index (Phi) is 7.87. The van der Waals surface area contributed by atoms with Crippen LogP contribution in [0.5, 0.6) is 11.5 Å². The highest BCUT2D eigenvalue weighted by atomic mass is 16.5. The number of anilines is 1. The summed E-state index contributed by atoms with van der Waals surface area (Å²) in [4.78, 5) is 27.3. The van der Waals surface area contributed by atoms with Gasteiger partial charge in [0.1, 0.15) is 11.5 Å². The number of carbonyl (C=O) groups excluding carboxylic acids is 1. The fraction of sp³-hybridized carbons (Fsp3) is 0.579. The third-order valence-corrected chi connectivity index (χ3v) is 4.80. The molecule has 8 nitrogen and oxygen atoms in total. The topological polar surface area (TPSA) is 91.3 Å². The molecule has 1 atom stereocenters. The summed E-state index contributed by atoms with van der Waals surface area (Å²) in [6, 6.07) is 5.48. The van der Waals surface area contributed by atoms with Crippen molar-refractivity contribution in [1.29, 1.82) is 0 Å². The molecular weight excluding hydrogens is 350 g/mol. The Morgan fingerprint density at radius 1 is 1.19 bits per heavy atom. The highest BCUT2D eigenvalue weighted by Gasteiger charge is 2.22. The number of methoxy groups -OCH3 is 2. The Morgan fingerprint density at radius 3 is 2.44 bits per heavy atom. The Balaban J connectivity index is 1.88. The van der Waals surface area contributed by atoms with E-state index in [9.17, 15) is 9.59 Å². The van der Waals surface area contributed by atoms with Crippen LogP contribution in [-0.4, -0.2) is 80.3 Å². The first kappa shape index (κ1) is 21.0. The molecule has 0 aromatic heterocycles. The van der Waals surface area contributed by atoms with Gasteiger partial charge in [0.15, 0.2) is 0 Å². The number of likely N-dealkylation sites (tertiary alicyclic amines) is 1. The van der Waals surface area contributed by atoms with Crippen LogP contribution in [0.25, 0.3) is 0 Å². The number of hydrogen-bond donors (Lipinski definition) is 2. The monoisotopic (exact) mass is 379 g/mol. The predicted octanol–water partition coefficient (Wildman–Crippen LogP) is 1.51. The van der Waals surface area contributed by atoms with Gasteiger partial charge in [-0.25, -0.2) is 0 Å². The van der Waals surface area contributed by atoms with E-state index in [1.165, 1.54) is 0 Å². The number of carboxylic acid groups (broad SMARTS) is 1. The molecular formula is C19H29N3O5. The van der Waals surface area contributed by atoms with E-state index in [0.29, 0.717) is 23.7 Å². The van der Waals surface area contributed by atoms with Gasteiger partial charge in [-0.2, -0.15) is 0 Å². The van der Waals surface area contributed by atoms with Gasteiger partial charge in [0.05, 0.1) is 27.3 Å². The highest BCUT2D eigenvalue weighted by molar-refractivity contribution is 5.92. The molecule has 0 bridgehead atoms. The third-order valence-electron chi connectivity index (χ3n) is 4.80. The molecule has 1 aliphatic heterocycles. The summed E-state index contributed by atoms with van der Waals surface area (Å²) in [5.41, 5.74) is 0.630. The average molecular weight is 379 g/mol. The minimum absolute atomic E-state index is 0.0445. The summed E-state index contributed by atoms with van der Waals surface area (Å²) >= 11 is 0. The molecule has 1 heterocycles. The zero-order chi connectivity index (χ0) is 19.8. The van der Waals surface area contributed by atoms with Gasteiger partial charge in [-0.1, -0.05) is 0 Å². The Hall–Kier alpha value is -2.32. The Bertz CT molecular complexity index is 630. The second-order valence-electron chi connectivity index (χ2n) is 6.82. The van der Waals surface area contributed by atoms with Crippen LogP contribution in [-0.2, 0) is 9.59 Å². The first-order valence-corrected chi connectivity index (χ1v) is 9.08. The smallest absolute Gasteiger partial charge is 0.317 e. The van der Waals surface area contributed by atoms with Crippen LogP contribution in [0.2, 0.25) is 0 Å². The van der Waals surface area contributed by atoms with Crippen molar-refractivity contribution in [3.63, 3.8) is 0 Å². The summed E-state index contributed by atoms with van der Waals surface area (Å²) in [5, 5.41) is 11.8. The van der Waals surface area contributed by atoms with Crippen molar-refractivity contribution < 1.29 is 24.2 Å². The van der Waals surface area contributed by atoms with Gasteiger partial charge in [0.2, 0.25) is 5.91 Å². The van der Waals surface area contributed by atoms with E-state index in [-0.39, 0.29) is 18.5 Å². The number of amides is 1. The quantitative estimate of drug-likeness (QED) is 0.707. The molecule has 1 fully saturated rings. The molecule has 8 heteroatoms. The van der Waals surface area contributed by atoms with Crippen molar-refractivity contribution in [2.24, 2.45) is 0 Å². The van der Waals surface area contributed by atoms with E-state index in [1.54, 1.807) is 32.4 Å². The summed E-state index contributed by atoms with van der Waals surface area (Å²) in [6.45, 7) is 1.94. The van der Waals surface area contributed by atoms with E-state index in [1.807, 2.05) is 11.9 Å². The number of nitrogens with one attached hydrogen (secondary N) is 1. The molecule has 1 aromatic rings. The molecule has 2 N–H and O–H groups in total. The number of carbonyl (C=O) groups is 2. The first-order valence-electron chi connectivity index (χ1n) is 9.08. The summed E-state index contributed by atoms with van der Waals surface area (Å²) in [7, 11) is 4.97. The number of nitrogens with zero attached hydrogens (tertiary/aromatic N) is 2. The van der Waals surface area contributed by atoms with E-state index < -0.39 is 5.97 Å². The number of hydrogen-bond acceptors (Lipinski definition) is 6. The lowest BCUT2D eigenvalue weighted by Crippen LogP contribution is -2.37. The Morgan fingerprint density at radius 2 is 1.85 bits per heavy atom. The molecule has 1 unspecified atom stereocenters. The SMILES string of the molecule is COc1cc(NC(=O)CN2CCCC(N(C)CC(=O)O)CC2)cc(OC)c1. The summed E-state index contributed by atoms with van der Waals surface area (Å²) < 4.78 is 10.4. The molecule has 0 saturated carbocycles. The first-order chi connectivity index (χ1) is 12.9. The molecule has 2 rings (SSSR count). The van der Waals surface area contributed by atoms with Crippen LogP contribution >= 0.6 is 0 Å². The maximum Gasteiger partial charge on any atom is 0.317 e. The van der Waals surface area contributed by atoms with Crippen molar-refractivity contribution in [1.82, 2.24) is 9.80 Å². The van der Waals surface area contributed by atoms with Crippen LogP contribution in [0, 0.1) is 0 Å². The molecule has 0 spiro atoms. The van der Waals surface area contributed by atoms with Gasteiger partial charge in [0, 0.05) is 36.5 Å². The van der Waals surface area contributed by atoms with Crippen molar-refractivity contribution in [3.8, 4) is 11.5 Å². The molecule has 0 radical (unpaired) electrons. The predicted molar refractivity (Wildman–Crippen MR) is 103 cm³/mol. The van der Waals surface area contributed by atoms with Gasteiger partial charge in [-0.05, 0) is 32.9 Å². The second kappa shape index (κ2) is 10.1. The van der Waals surface area contributed by atoms with E-state index >= 15 is 0 Å². The van der Waals surface area contributed by atoms with Crippen LogP contribution in [0.15, 0.2) is 18.2 Å². The largest absolute Gasteiger partial charge is 0.497 e. The van der Waals surface area contributed by atoms with Crippen molar-refractivity contribution in [3.05, 3.63) is 18.2 Å². The summed E-state index contributed by atoms with van der Waals surface area (Å²) in [6.07, 6.45) is 2.73. The molecule has 1 aromatic carbocycles. The van der Waals surface area contributed by atoms with Crippen molar-refractivity contribution in [2.75, 3.05) is 52.8 Å². The normalized spacial score (nSPS) is 18.0. The van der Waals surface area contributed by atoms with Gasteiger partial charge in [0.25, 0.3) is 0 Å². The van der Waals surface area contributed by atoms with Crippen molar-refractivity contribution in [2.45, 2.75) is 25.3 Å². The Labute approximate surface area is 160 Å².